The summed E-state index contributed by atoms with van der Waals surface area (Å²) in [5.74, 6) is 0. The van der Waals surface area contributed by atoms with Crippen LogP contribution in [0.2, 0.25) is 0 Å². The Hall–Kier alpha value is -2.24. The summed E-state index contributed by atoms with van der Waals surface area (Å²) < 4.78 is 33.6. The van der Waals surface area contributed by atoms with Crippen LogP contribution in [0.5, 0.6) is 0 Å². The number of nitrogens with zero attached hydrogens (tertiary/aromatic N) is 3. The summed E-state index contributed by atoms with van der Waals surface area (Å²) in [5.41, 5.74) is 2.25. The second-order valence-electron chi connectivity index (χ2n) is 7.17. The number of ether oxygens (including phenoxy) is 1. The van der Waals surface area contributed by atoms with Crippen LogP contribution in [-0.2, 0) is 21.3 Å². The molecule has 10 heteroatoms. The number of benzene rings is 1. The Morgan fingerprint density at radius 1 is 1.16 bits per heavy atom. The average molecular weight is 477 g/mol. The smallest absolute Gasteiger partial charge is 0.265 e. The van der Waals surface area contributed by atoms with E-state index >= 15 is 0 Å². The first-order valence-electron chi connectivity index (χ1n) is 9.66. The van der Waals surface area contributed by atoms with E-state index < -0.39 is 10.0 Å². The lowest BCUT2D eigenvalue weighted by Gasteiger charge is -2.22. The van der Waals surface area contributed by atoms with Gasteiger partial charge in [-0.05, 0) is 30.6 Å². The molecule has 4 aromatic rings. The maximum absolute atomic E-state index is 13.6. The lowest BCUT2D eigenvalue weighted by atomic mass is 10.2. The van der Waals surface area contributed by atoms with Gasteiger partial charge in [-0.1, -0.05) is 12.1 Å². The van der Waals surface area contributed by atoms with E-state index in [1.807, 2.05) is 42.1 Å². The lowest BCUT2D eigenvalue weighted by molar-refractivity contribution is 0.159. The summed E-state index contributed by atoms with van der Waals surface area (Å²) in [6.45, 7) is 1.87. The summed E-state index contributed by atoms with van der Waals surface area (Å²) in [7, 11) is 1.49. The van der Waals surface area contributed by atoms with Crippen molar-refractivity contribution in [2.45, 2.75) is 11.4 Å². The number of sulfonamides is 1. The average Bonchev–Trinajstić information content (AvgIpc) is 3.51. The van der Waals surface area contributed by atoms with Crippen molar-refractivity contribution in [1.82, 2.24) is 14.9 Å². The highest BCUT2D eigenvalue weighted by molar-refractivity contribution is 7.93. The number of aromatic amines is 1. The minimum atomic E-state index is -3.73. The van der Waals surface area contributed by atoms with Crippen LogP contribution in [0.3, 0.4) is 0 Å². The fourth-order valence-electron chi connectivity index (χ4n) is 3.40. The molecule has 0 amide bonds. The van der Waals surface area contributed by atoms with Crippen molar-refractivity contribution in [3.63, 3.8) is 0 Å². The molecular weight excluding hydrogens is 452 g/mol. The first kappa shape index (κ1) is 22.0. The molecule has 0 fully saturated rings. The van der Waals surface area contributed by atoms with Crippen molar-refractivity contribution in [3.05, 3.63) is 52.2 Å². The van der Waals surface area contributed by atoms with Gasteiger partial charge in [0.25, 0.3) is 10.0 Å². The maximum Gasteiger partial charge on any atom is 0.265 e. The number of likely N-dealkylation sites (N-methyl/N-ethyl adjacent to an activating group) is 1. The van der Waals surface area contributed by atoms with E-state index in [0.29, 0.717) is 23.7 Å². The van der Waals surface area contributed by atoms with E-state index in [-0.39, 0.29) is 0 Å². The molecule has 0 aliphatic heterocycles. The Balaban J connectivity index is 1.68. The normalized spacial score (nSPS) is 12.1. The Bertz CT molecular complexity index is 1260. The van der Waals surface area contributed by atoms with Gasteiger partial charge in [0.2, 0.25) is 0 Å². The van der Waals surface area contributed by atoms with E-state index in [0.717, 1.165) is 33.0 Å². The highest BCUT2D eigenvalue weighted by Gasteiger charge is 2.27. The molecule has 164 valence electrons. The number of hydrogen-bond donors (Lipinski definition) is 1. The van der Waals surface area contributed by atoms with Gasteiger partial charge in [-0.15, -0.1) is 22.7 Å². The molecule has 0 aliphatic carbocycles. The van der Waals surface area contributed by atoms with Crippen LogP contribution < -0.4 is 4.31 Å². The third-order valence-corrected chi connectivity index (χ3v) is 8.77. The maximum atomic E-state index is 13.6. The van der Waals surface area contributed by atoms with Crippen molar-refractivity contribution >= 4 is 49.3 Å². The van der Waals surface area contributed by atoms with Crippen molar-refractivity contribution in [2.24, 2.45) is 0 Å². The number of rotatable bonds is 9. The number of thiophene rings is 1. The van der Waals surface area contributed by atoms with Crippen LogP contribution in [0.1, 0.15) is 4.88 Å². The van der Waals surface area contributed by atoms with E-state index in [2.05, 4.69) is 14.9 Å². The van der Waals surface area contributed by atoms with Gasteiger partial charge in [-0.25, -0.2) is 13.4 Å². The number of methoxy groups -OCH3 is 1. The standard InChI is InChI=1S/C21H24N4O3S3/c1-24(9-10-28-3)14-18-19(7-11-29-18)31(26,27)25(2)17-6-4-5-15-13-16(23-20(15)17)21-22-8-12-30-21/h4-8,11-13,23H,9-10,14H2,1-3H3. The third kappa shape index (κ3) is 4.39. The second kappa shape index (κ2) is 9.09. The zero-order chi connectivity index (χ0) is 22.0. The zero-order valence-electron chi connectivity index (χ0n) is 17.5. The number of para-hydroxylation sites is 1. The molecule has 0 unspecified atom stereocenters. The molecule has 0 aliphatic rings. The SMILES string of the molecule is COCCN(C)Cc1sccc1S(=O)(=O)N(C)c1cccc2cc(-c3nccs3)[nH]c12. The van der Waals surface area contributed by atoms with Crippen LogP contribution in [0.15, 0.2) is 52.2 Å². The Morgan fingerprint density at radius 3 is 2.74 bits per heavy atom. The summed E-state index contributed by atoms with van der Waals surface area (Å²) in [6, 6.07) is 9.34. The van der Waals surface area contributed by atoms with Gasteiger partial charge in [0.05, 0.1) is 23.5 Å². The molecule has 0 spiro atoms. The highest BCUT2D eigenvalue weighted by atomic mass is 32.2. The third-order valence-electron chi connectivity index (χ3n) is 5.07. The van der Waals surface area contributed by atoms with Crippen LogP contribution in [-0.4, -0.2) is 57.6 Å². The van der Waals surface area contributed by atoms with E-state index in [9.17, 15) is 8.42 Å². The first-order valence-corrected chi connectivity index (χ1v) is 12.9. The number of anilines is 1. The molecular formula is C21H24N4O3S3. The Kier molecular flexibility index (Phi) is 6.44. The first-order chi connectivity index (χ1) is 14.9. The molecule has 0 saturated carbocycles. The number of H-pyrrole nitrogens is 1. The molecule has 1 N–H and O–H groups in total. The second-order valence-corrected chi connectivity index (χ2v) is 11.0. The van der Waals surface area contributed by atoms with Crippen LogP contribution in [0, 0.1) is 0 Å². The highest BCUT2D eigenvalue weighted by Crippen LogP contribution is 2.34. The lowest BCUT2D eigenvalue weighted by Crippen LogP contribution is -2.28. The monoisotopic (exact) mass is 476 g/mol. The molecule has 1 aromatic carbocycles. The van der Waals surface area contributed by atoms with E-state index in [1.165, 1.54) is 27.0 Å². The van der Waals surface area contributed by atoms with Crippen molar-refractivity contribution < 1.29 is 13.2 Å². The quantitative estimate of drug-likeness (QED) is 0.391. The van der Waals surface area contributed by atoms with Gasteiger partial charge < -0.3 is 9.72 Å². The molecule has 0 radical (unpaired) electrons. The molecule has 0 saturated heterocycles. The van der Waals surface area contributed by atoms with Crippen molar-refractivity contribution in [3.8, 4) is 10.7 Å². The number of hydrogen-bond acceptors (Lipinski definition) is 7. The van der Waals surface area contributed by atoms with Gasteiger partial charge in [0, 0.05) is 49.1 Å². The number of thiazole rings is 1. The summed E-state index contributed by atoms with van der Waals surface area (Å²) in [6.07, 6.45) is 1.75. The van der Waals surface area contributed by atoms with Crippen molar-refractivity contribution in [1.29, 1.82) is 0 Å². The van der Waals surface area contributed by atoms with Gasteiger partial charge in [-0.3, -0.25) is 9.21 Å². The van der Waals surface area contributed by atoms with Crippen LogP contribution in [0.4, 0.5) is 5.69 Å². The topological polar surface area (TPSA) is 78.5 Å². The predicted octanol–water partition coefficient (Wildman–Crippen LogP) is 4.26. The van der Waals surface area contributed by atoms with Gasteiger partial charge >= 0.3 is 0 Å². The predicted molar refractivity (Wildman–Crippen MR) is 128 cm³/mol. The Morgan fingerprint density at radius 2 is 2.00 bits per heavy atom. The molecule has 3 heterocycles. The molecule has 7 nitrogen and oxygen atoms in total. The van der Waals surface area contributed by atoms with Gasteiger partial charge in [0.1, 0.15) is 9.90 Å². The number of nitrogens with one attached hydrogen (secondary N) is 1. The van der Waals surface area contributed by atoms with Crippen LogP contribution >= 0.6 is 22.7 Å². The molecule has 3 aromatic heterocycles. The molecule has 4 rings (SSSR count). The minimum absolute atomic E-state index is 0.341. The van der Waals surface area contributed by atoms with Gasteiger partial charge in [-0.2, -0.15) is 0 Å². The largest absolute Gasteiger partial charge is 0.383 e. The van der Waals surface area contributed by atoms with E-state index in [4.69, 9.17) is 4.74 Å². The molecule has 0 atom stereocenters. The molecule has 31 heavy (non-hydrogen) atoms. The van der Waals surface area contributed by atoms with E-state index in [1.54, 1.807) is 26.4 Å². The fraction of sp³-hybridized carbons (Fsp3) is 0.286. The molecule has 0 bridgehead atoms. The summed E-state index contributed by atoms with van der Waals surface area (Å²) in [5, 5.41) is 5.55. The Labute approximate surface area is 190 Å². The number of fused-ring (bicyclic) bond motifs is 1. The van der Waals surface area contributed by atoms with Crippen LogP contribution in [0.25, 0.3) is 21.6 Å². The number of aromatic nitrogens is 2. The minimum Gasteiger partial charge on any atom is -0.383 e. The van der Waals surface area contributed by atoms with Gasteiger partial charge in [0.15, 0.2) is 0 Å². The summed E-state index contributed by atoms with van der Waals surface area (Å²) in [4.78, 5) is 10.9. The zero-order valence-corrected chi connectivity index (χ0v) is 20.0. The summed E-state index contributed by atoms with van der Waals surface area (Å²) >= 11 is 2.99. The fourth-order valence-corrected chi connectivity index (χ4v) is 6.70. The van der Waals surface area contributed by atoms with Crippen molar-refractivity contribution in [2.75, 3.05) is 38.7 Å².